The van der Waals surface area contributed by atoms with Gasteiger partial charge in [-0.05, 0) is 52.7 Å². The maximum absolute atomic E-state index is 8.93. The van der Waals surface area contributed by atoms with Gasteiger partial charge in [0.15, 0.2) is 5.65 Å². The number of anilines is 1. The van der Waals surface area contributed by atoms with E-state index in [1.54, 1.807) is 0 Å². The molecule has 2 aromatic carbocycles. The predicted molar refractivity (Wildman–Crippen MR) is 138 cm³/mol. The fourth-order valence-electron chi connectivity index (χ4n) is 4.51. The van der Waals surface area contributed by atoms with Gasteiger partial charge in [-0.1, -0.05) is 30.3 Å². The minimum Gasteiger partial charge on any atom is -0.491 e. The Kier molecular flexibility index (Phi) is 6.80. The molecular weight excluding hydrogens is 494 g/mol. The Bertz CT molecular complexity index is 1240. The van der Waals surface area contributed by atoms with Crippen molar-refractivity contribution < 1.29 is 9.84 Å². The number of aromatic nitrogens is 3. The number of pyridine rings is 1. The van der Waals surface area contributed by atoms with E-state index in [1.807, 2.05) is 30.5 Å². The lowest BCUT2D eigenvalue weighted by Crippen LogP contribution is -2.47. The van der Waals surface area contributed by atoms with Crippen LogP contribution in [-0.4, -0.2) is 64.4 Å². The van der Waals surface area contributed by atoms with Crippen LogP contribution in [0.3, 0.4) is 0 Å². The highest BCUT2D eigenvalue weighted by Gasteiger charge is 2.25. The fourth-order valence-corrected chi connectivity index (χ4v) is 5.07. The first-order valence-electron chi connectivity index (χ1n) is 11.6. The Labute approximate surface area is 207 Å². The number of fused-ring (bicyclic) bond motifs is 1. The molecule has 1 atom stereocenters. The third-order valence-electron chi connectivity index (χ3n) is 6.40. The summed E-state index contributed by atoms with van der Waals surface area (Å²) in [6.07, 6.45) is 1.84. The van der Waals surface area contributed by atoms with E-state index in [0.717, 1.165) is 59.0 Å². The van der Waals surface area contributed by atoms with E-state index < -0.39 is 0 Å². The van der Waals surface area contributed by atoms with Gasteiger partial charge in [-0.3, -0.25) is 4.90 Å². The summed E-state index contributed by atoms with van der Waals surface area (Å²) < 4.78 is 6.43. The second kappa shape index (κ2) is 10.1. The molecule has 1 aliphatic heterocycles. The number of aromatic amines is 1. The second-order valence-electron chi connectivity index (χ2n) is 8.44. The molecule has 2 aromatic heterocycles. The van der Waals surface area contributed by atoms with Crippen molar-refractivity contribution in [2.45, 2.75) is 13.0 Å². The van der Waals surface area contributed by atoms with Crippen molar-refractivity contribution in [2.75, 3.05) is 44.3 Å². The molecule has 1 aliphatic rings. The van der Waals surface area contributed by atoms with Crippen molar-refractivity contribution >= 4 is 32.8 Å². The van der Waals surface area contributed by atoms with E-state index in [9.17, 15) is 0 Å². The summed E-state index contributed by atoms with van der Waals surface area (Å²) in [6, 6.07) is 18.8. The number of piperazine rings is 1. The standard InChI is InChI=1S/C26H28BrN5O2/c1-18(19-5-3-2-4-6-19)31-11-13-32(14-12-31)24-22(27)17-28-26-23(24)29-25(30-26)20-7-9-21(10-8-20)34-16-15-33/h2-10,17-18,33H,11-16H2,1H3,(H,28,29,30). The van der Waals surface area contributed by atoms with E-state index in [-0.39, 0.29) is 13.2 Å². The average Bonchev–Trinajstić information content (AvgIpc) is 3.32. The van der Waals surface area contributed by atoms with Gasteiger partial charge < -0.3 is 19.7 Å². The lowest BCUT2D eigenvalue weighted by Gasteiger charge is -2.39. The topological polar surface area (TPSA) is 77.5 Å². The maximum Gasteiger partial charge on any atom is 0.180 e. The number of benzene rings is 2. The molecule has 176 valence electrons. The van der Waals surface area contributed by atoms with Gasteiger partial charge in [-0.15, -0.1) is 0 Å². The Balaban J connectivity index is 1.36. The van der Waals surface area contributed by atoms with Gasteiger partial charge in [-0.2, -0.15) is 0 Å². The van der Waals surface area contributed by atoms with Crippen LogP contribution in [-0.2, 0) is 0 Å². The molecule has 5 rings (SSSR count). The molecular formula is C26H28BrN5O2. The molecule has 0 saturated carbocycles. The van der Waals surface area contributed by atoms with Crippen LogP contribution < -0.4 is 9.64 Å². The summed E-state index contributed by atoms with van der Waals surface area (Å²) in [5, 5.41) is 8.93. The number of ether oxygens (including phenoxy) is 1. The predicted octanol–water partition coefficient (Wildman–Crippen LogP) is 4.64. The minimum absolute atomic E-state index is 0.00588. The van der Waals surface area contributed by atoms with Gasteiger partial charge in [0.05, 0.1) is 16.8 Å². The number of aliphatic hydroxyl groups excluding tert-OH is 1. The van der Waals surface area contributed by atoms with Crippen LogP contribution in [0, 0.1) is 0 Å². The highest BCUT2D eigenvalue weighted by Crippen LogP contribution is 2.35. The molecule has 0 aliphatic carbocycles. The summed E-state index contributed by atoms with van der Waals surface area (Å²) in [6.45, 7) is 6.40. The van der Waals surface area contributed by atoms with Gasteiger partial charge in [0.2, 0.25) is 0 Å². The lowest BCUT2D eigenvalue weighted by molar-refractivity contribution is 0.198. The molecule has 34 heavy (non-hydrogen) atoms. The van der Waals surface area contributed by atoms with E-state index in [4.69, 9.17) is 14.8 Å². The first kappa shape index (κ1) is 22.8. The minimum atomic E-state index is -0.00588. The van der Waals surface area contributed by atoms with Crippen molar-refractivity contribution in [3.05, 3.63) is 70.8 Å². The number of H-pyrrole nitrogens is 1. The molecule has 2 N–H and O–H groups in total. The molecule has 0 amide bonds. The highest BCUT2D eigenvalue weighted by atomic mass is 79.9. The number of imidazole rings is 1. The number of nitrogens with one attached hydrogen (secondary N) is 1. The molecule has 1 unspecified atom stereocenters. The van der Waals surface area contributed by atoms with Crippen molar-refractivity contribution in [3.63, 3.8) is 0 Å². The van der Waals surface area contributed by atoms with E-state index in [1.165, 1.54) is 5.56 Å². The van der Waals surface area contributed by atoms with Crippen LogP contribution in [0.1, 0.15) is 18.5 Å². The Morgan fingerprint density at radius 3 is 2.50 bits per heavy atom. The normalized spacial score (nSPS) is 15.6. The number of hydrogen-bond acceptors (Lipinski definition) is 6. The van der Waals surface area contributed by atoms with E-state index in [0.29, 0.717) is 11.7 Å². The van der Waals surface area contributed by atoms with Crippen LogP contribution in [0.15, 0.2) is 65.3 Å². The Morgan fingerprint density at radius 2 is 1.79 bits per heavy atom. The molecule has 1 saturated heterocycles. The zero-order valence-corrected chi connectivity index (χ0v) is 20.7. The molecule has 4 aromatic rings. The van der Waals surface area contributed by atoms with Crippen LogP contribution in [0.4, 0.5) is 5.69 Å². The number of halogens is 1. The van der Waals surface area contributed by atoms with Crippen LogP contribution >= 0.6 is 15.9 Å². The Morgan fingerprint density at radius 1 is 1.06 bits per heavy atom. The Hall–Kier alpha value is -2.94. The first-order chi connectivity index (χ1) is 16.6. The first-order valence-corrected chi connectivity index (χ1v) is 12.4. The van der Waals surface area contributed by atoms with Crippen molar-refractivity contribution in [1.82, 2.24) is 19.9 Å². The monoisotopic (exact) mass is 521 g/mol. The maximum atomic E-state index is 8.93. The van der Waals surface area contributed by atoms with Crippen LogP contribution in [0.25, 0.3) is 22.6 Å². The molecule has 0 spiro atoms. The molecule has 7 nitrogen and oxygen atoms in total. The second-order valence-corrected chi connectivity index (χ2v) is 9.30. The van der Waals surface area contributed by atoms with Crippen LogP contribution in [0.5, 0.6) is 5.75 Å². The van der Waals surface area contributed by atoms with Gasteiger partial charge in [-0.25, -0.2) is 9.97 Å². The van der Waals surface area contributed by atoms with Gasteiger partial charge in [0, 0.05) is 44.0 Å². The average molecular weight is 522 g/mol. The number of hydrogen-bond donors (Lipinski definition) is 2. The smallest absolute Gasteiger partial charge is 0.180 e. The van der Waals surface area contributed by atoms with Crippen LogP contribution in [0.2, 0.25) is 0 Å². The number of aliphatic hydroxyl groups is 1. The molecule has 8 heteroatoms. The summed E-state index contributed by atoms with van der Waals surface area (Å²) in [5.41, 5.74) is 5.06. The number of rotatable bonds is 7. The quantitative estimate of drug-likeness (QED) is 0.368. The lowest BCUT2D eigenvalue weighted by atomic mass is 10.1. The van der Waals surface area contributed by atoms with Crippen molar-refractivity contribution in [1.29, 1.82) is 0 Å². The van der Waals surface area contributed by atoms with Gasteiger partial charge >= 0.3 is 0 Å². The highest BCUT2D eigenvalue weighted by molar-refractivity contribution is 9.10. The molecule has 1 fully saturated rings. The summed E-state index contributed by atoms with van der Waals surface area (Å²) >= 11 is 3.73. The summed E-state index contributed by atoms with van der Waals surface area (Å²) in [7, 11) is 0. The van der Waals surface area contributed by atoms with Crippen molar-refractivity contribution in [2.24, 2.45) is 0 Å². The largest absolute Gasteiger partial charge is 0.491 e. The van der Waals surface area contributed by atoms with Crippen molar-refractivity contribution in [3.8, 4) is 17.1 Å². The number of nitrogens with zero attached hydrogens (tertiary/aromatic N) is 4. The van der Waals surface area contributed by atoms with Gasteiger partial charge in [0.1, 0.15) is 23.7 Å². The molecule has 3 heterocycles. The summed E-state index contributed by atoms with van der Waals surface area (Å²) in [4.78, 5) is 17.7. The van der Waals surface area contributed by atoms with Gasteiger partial charge in [0.25, 0.3) is 0 Å². The van der Waals surface area contributed by atoms with E-state index >= 15 is 0 Å². The third-order valence-corrected chi connectivity index (χ3v) is 6.98. The fraction of sp³-hybridized carbons (Fsp3) is 0.308. The summed E-state index contributed by atoms with van der Waals surface area (Å²) in [5.74, 6) is 1.49. The SMILES string of the molecule is CC(c1ccccc1)N1CCN(c2c(Br)cnc3nc(-c4ccc(OCCO)cc4)[nH]c23)CC1. The zero-order chi connectivity index (χ0) is 23.5. The molecule has 0 bridgehead atoms. The zero-order valence-electron chi connectivity index (χ0n) is 19.1. The van der Waals surface area contributed by atoms with E-state index in [2.05, 4.69) is 73.0 Å². The third kappa shape index (κ3) is 4.66. The molecule has 0 radical (unpaired) electrons.